The summed E-state index contributed by atoms with van der Waals surface area (Å²) < 4.78 is 0. The third-order valence-electron chi connectivity index (χ3n) is 4.07. The van der Waals surface area contributed by atoms with Gasteiger partial charge in [-0.25, -0.2) is 0 Å². The van der Waals surface area contributed by atoms with E-state index in [1.165, 1.54) is 4.90 Å². The van der Waals surface area contributed by atoms with Gasteiger partial charge in [-0.15, -0.1) is 0 Å². The first-order valence-corrected chi connectivity index (χ1v) is 6.92. The molecule has 0 aromatic rings. The van der Waals surface area contributed by atoms with E-state index in [-0.39, 0.29) is 30.2 Å². The van der Waals surface area contributed by atoms with Gasteiger partial charge >= 0.3 is 0 Å². The van der Waals surface area contributed by atoms with Crippen LogP contribution < -0.4 is 11.1 Å². The minimum absolute atomic E-state index is 0.00414. The molecule has 112 valence electrons. The standard InChI is InChI=1S/C13H22N4O3/c1-8-5-13(6-8,11(14)16-20)12(19)17(2)7-10(18)15-9-3-4-9/h8-9,20H,3-7H2,1-2H3,(H2,14,16)(H,15,18). The predicted molar refractivity (Wildman–Crippen MR) is 73.0 cm³/mol. The summed E-state index contributed by atoms with van der Waals surface area (Å²) in [7, 11) is 1.57. The van der Waals surface area contributed by atoms with Gasteiger partial charge in [-0.1, -0.05) is 12.1 Å². The van der Waals surface area contributed by atoms with Crippen LogP contribution in [0.3, 0.4) is 0 Å². The van der Waals surface area contributed by atoms with Gasteiger partial charge in [0, 0.05) is 13.1 Å². The number of nitrogens with one attached hydrogen (secondary N) is 1. The van der Waals surface area contributed by atoms with E-state index in [9.17, 15) is 9.59 Å². The second kappa shape index (κ2) is 5.30. The summed E-state index contributed by atoms with van der Waals surface area (Å²) in [5.41, 5.74) is 4.75. The number of nitrogens with two attached hydrogens (primary N) is 1. The highest BCUT2D eigenvalue weighted by atomic mass is 16.4. The Hall–Kier alpha value is -1.79. The molecular weight excluding hydrogens is 260 g/mol. The molecule has 0 saturated heterocycles. The number of carbonyl (C=O) groups is 2. The second-order valence-electron chi connectivity index (χ2n) is 6.08. The molecule has 0 aromatic carbocycles. The molecule has 0 atom stereocenters. The Bertz CT molecular complexity index is 439. The Morgan fingerprint density at radius 3 is 2.50 bits per heavy atom. The van der Waals surface area contributed by atoms with Crippen LogP contribution in [-0.4, -0.2) is 47.4 Å². The van der Waals surface area contributed by atoms with Crippen molar-refractivity contribution in [3.8, 4) is 0 Å². The second-order valence-corrected chi connectivity index (χ2v) is 6.08. The lowest BCUT2D eigenvalue weighted by Gasteiger charge is -2.45. The van der Waals surface area contributed by atoms with Crippen molar-refractivity contribution in [3.05, 3.63) is 0 Å². The molecule has 0 aliphatic heterocycles. The van der Waals surface area contributed by atoms with Crippen molar-refractivity contribution in [1.82, 2.24) is 10.2 Å². The maximum atomic E-state index is 12.5. The first-order valence-electron chi connectivity index (χ1n) is 6.92. The number of likely N-dealkylation sites (N-methyl/N-ethyl adjacent to an activating group) is 1. The van der Waals surface area contributed by atoms with E-state index in [1.807, 2.05) is 6.92 Å². The Morgan fingerprint density at radius 2 is 2.05 bits per heavy atom. The number of hydrogen-bond donors (Lipinski definition) is 3. The van der Waals surface area contributed by atoms with Gasteiger partial charge in [-0.2, -0.15) is 0 Å². The molecule has 7 nitrogen and oxygen atoms in total. The third-order valence-corrected chi connectivity index (χ3v) is 4.07. The average molecular weight is 282 g/mol. The molecule has 2 fully saturated rings. The number of oxime groups is 1. The van der Waals surface area contributed by atoms with Crippen molar-refractivity contribution in [3.63, 3.8) is 0 Å². The zero-order valence-electron chi connectivity index (χ0n) is 11.9. The van der Waals surface area contributed by atoms with Crippen LogP contribution >= 0.6 is 0 Å². The minimum atomic E-state index is -0.942. The molecule has 0 unspecified atom stereocenters. The normalized spacial score (nSPS) is 29.5. The van der Waals surface area contributed by atoms with Crippen LogP contribution in [0.1, 0.15) is 32.6 Å². The van der Waals surface area contributed by atoms with E-state index in [0.29, 0.717) is 18.8 Å². The number of amides is 2. The topological polar surface area (TPSA) is 108 Å². The average Bonchev–Trinajstić information content (AvgIpc) is 3.16. The molecule has 2 aliphatic carbocycles. The Labute approximate surface area is 118 Å². The van der Waals surface area contributed by atoms with Crippen LogP contribution in [0.15, 0.2) is 5.16 Å². The SMILES string of the molecule is CC1CC(C(=O)N(C)CC(=O)NC2CC2)(C(N)=NO)C1. The van der Waals surface area contributed by atoms with Gasteiger partial charge in [0.1, 0.15) is 5.41 Å². The summed E-state index contributed by atoms with van der Waals surface area (Å²) in [5, 5.41) is 14.7. The molecule has 7 heteroatoms. The monoisotopic (exact) mass is 282 g/mol. The quantitative estimate of drug-likeness (QED) is 0.283. The number of amidine groups is 1. The molecule has 0 radical (unpaired) electrons. The fraction of sp³-hybridized carbons (Fsp3) is 0.769. The van der Waals surface area contributed by atoms with Crippen LogP contribution in [0.2, 0.25) is 0 Å². The van der Waals surface area contributed by atoms with Crippen molar-refractivity contribution in [2.45, 2.75) is 38.6 Å². The van der Waals surface area contributed by atoms with E-state index < -0.39 is 5.41 Å². The van der Waals surface area contributed by atoms with Crippen molar-refractivity contribution in [1.29, 1.82) is 0 Å². The van der Waals surface area contributed by atoms with E-state index >= 15 is 0 Å². The molecule has 0 heterocycles. The third kappa shape index (κ3) is 2.71. The highest BCUT2D eigenvalue weighted by Crippen LogP contribution is 2.46. The molecule has 20 heavy (non-hydrogen) atoms. The molecule has 0 aromatic heterocycles. The Balaban J connectivity index is 1.98. The maximum Gasteiger partial charge on any atom is 0.239 e. The van der Waals surface area contributed by atoms with E-state index in [2.05, 4.69) is 10.5 Å². The van der Waals surface area contributed by atoms with Gasteiger partial charge in [0.15, 0.2) is 5.84 Å². The maximum absolute atomic E-state index is 12.5. The van der Waals surface area contributed by atoms with Crippen LogP contribution in [0.4, 0.5) is 0 Å². The largest absolute Gasteiger partial charge is 0.409 e. The number of hydrogen-bond acceptors (Lipinski definition) is 4. The van der Waals surface area contributed by atoms with Crippen LogP contribution in [-0.2, 0) is 9.59 Å². The molecular formula is C13H22N4O3. The summed E-state index contributed by atoms with van der Waals surface area (Å²) in [6.07, 6.45) is 3.12. The molecule has 4 N–H and O–H groups in total. The Morgan fingerprint density at radius 1 is 1.45 bits per heavy atom. The first-order chi connectivity index (χ1) is 9.39. The van der Waals surface area contributed by atoms with Crippen LogP contribution in [0.25, 0.3) is 0 Å². The van der Waals surface area contributed by atoms with Gasteiger partial charge in [-0.3, -0.25) is 9.59 Å². The van der Waals surface area contributed by atoms with Crippen molar-refractivity contribution >= 4 is 17.6 Å². The van der Waals surface area contributed by atoms with Crippen LogP contribution in [0.5, 0.6) is 0 Å². The molecule has 2 aliphatic rings. The minimum Gasteiger partial charge on any atom is -0.409 e. The molecule has 0 bridgehead atoms. The molecule has 2 amide bonds. The summed E-state index contributed by atoms with van der Waals surface area (Å²) in [4.78, 5) is 25.6. The fourth-order valence-electron chi connectivity index (χ4n) is 2.87. The lowest BCUT2D eigenvalue weighted by atomic mass is 9.61. The smallest absolute Gasteiger partial charge is 0.239 e. The highest BCUT2D eigenvalue weighted by Gasteiger charge is 2.53. The van der Waals surface area contributed by atoms with Crippen molar-refractivity contribution < 1.29 is 14.8 Å². The summed E-state index contributed by atoms with van der Waals surface area (Å²) in [6.45, 7) is 2.01. The molecule has 0 spiro atoms. The van der Waals surface area contributed by atoms with Crippen molar-refractivity contribution in [2.24, 2.45) is 22.2 Å². The number of nitrogens with zero attached hydrogens (tertiary/aromatic N) is 2. The van der Waals surface area contributed by atoms with Gasteiger partial charge in [0.2, 0.25) is 11.8 Å². The number of carbonyl (C=O) groups excluding carboxylic acids is 2. The van der Waals surface area contributed by atoms with Gasteiger partial charge in [0.25, 0.3) is 0 Å². The molecule has 2 rings (SSSR count). The highest BCUT2D eigenvalue weighted by molar-refractivity contribution is 6.08. The van der Waals surface area contributed by atoms with Gasteiger partial charge in [0.05, 0.1) is 6.54 Å². The fourth-order valence-corrected chi connectivity index (χ4v) is 2.87. The zero-order chi connectivity index (χ0) is 14.9. The van der Waals surface area contributed by atoms with E-state index in [0.717, 1.165) is 12.8 Å². The van der Waals surface area contributed by atoms with E-state index in [1.54, 1.807) is 7.05 Å². The van der Waals surface area contributed by atoms with Gasteiger partial charge in [-0.05, 0) is 31.6 Å². The van der Waals surface area contributed by atoms with E-state index in [4.69, 9.17) is 10.9 Å². The zero-order valence-corrected chi connectivity index (χ0v) is 11.9. The Kier molecular flexibility index (Phi) is 3.87. The lowest BCUT2D eigenvalue weighted by Crippen LogP contribution is -2.58. The summed E-state index contributed by atoms with van der Waals surface area (Å²) >= 11 is 0. The predicted octanol–water partition coefficient (Wildman–Crippen LogP) is -0.114. The van der Waals surface area contributed by atoms with Crippen LogP contribution in [0, 0.1) is 11.3 Å². The molecule has 2 saturated carbocycles. The lowest BCUT2D eigenvalue weighted by molar-refractivity contribution is -0.145. The summed E-state index contributed by atoms with van der Waals surface area (Å²) in [5.74, 6) is -0.120. The first kappa shape index (κ1) is 14.6. The van der Waals surface area contributed by atoms with Crippen molar-refractivity contribution in [2.75, 3.05) is 13.6 Å². The number of rotatable bonds is 5. The van der Waals surface area contributed by atoms with Gasteiger partial charge < -0.3 is 21.2 Å². The summed E-state index contributed by atoms with van der Waals surface area (Å²) in [6, 6.07) is 0.271.